The Labute approximate surface area is 116 Å². The van der Waals surface area contributed by atoms with Gasteiger partial charge in [0, 0.05) is 37.9 Å². The van der Waals surface area contributed by atoms with Gasteiger partial charge >= 0.3 is 0 Å². The van der Waals surface area contributed by atoms with E-state index < -0.39 is 0 Å². The normalized spacial score (nSPS) is 18.1. The fourth-order valence-corrected chi connectivity index (χ4v) is 2.80. The van der Waals surface area contributed by atoms with Crippen LogP contribution in [0, 0.1) is 0 Å². The number of hydrogen-bond donors (Lipinski definition) is 0. The summed E-state index contributed by atoms with van der Waals surface area (Å²) in [7, 11) is 0. The summed E-state index contributed by atoms with van der Waals surface area (Å²) in [5.74, 6) is 0. The molecule has 0 radical (unpaired) electrons. The maximum atomic E-state index is 5.62. The molecule has 1 aromatic rings. The summed E-state index contributed by atoms with van der Waals surface area (Å²) in [6.07, 6.45) is 1.99. The van der Waals surface area contributed by atoms with Crippen molar-refractivity contribution in [1.82, 2.24) is 0 Å². The summed E-state index contributed by atoms with van der Waals surface area (Å²) in [5, 5.41) is 0. The van der Waals surface area contributed by atoms with Crippen LogP contribution in [0.25, 0.3) is 0 Å². The van der Waals surface area contributed by atoms with Gasteiger partial charge in [-0.25, -0.2) is 0 Å². The number of ether oxygens (including phenoxy) is 2. The maximum Gasteiger partial charge on any atom is 0.159 e. The zero-order valence-electron chi connectivity index (χ0n) is 12.3. The molecule has 19 heavy (non-hydrogen) atoms. The third-order valence-corrected chi connectivity index (χ3v) is 3.66. The molecule has 1 aromatic carbocycles. The molecular weight excluding hydrogens is 238 g/mol. The quantitative estimate of drug-likeness (QED) is 0.705. The molecule has 0 aliphatic carbocycles. The third-order valence-electron chi connectivity index (χ3n) is 3.66. The average Bonchev–Trinajstić information content (AvgIpc) is 2.72. The predicted molar refractivity (Wildman–Crippen MR) is 78.6 cm³/mol. The summed E-state index contributed by atoms with van der Waals surface area (Å²) >= 11 is 0. The standard InChI is InChI=1S/C16H25NO2/c1-4-18-16(19-5-2)10-11-17-13(3)12-14-8-6-7-9-15(14)17/h6-9,13,16H,4-5,10-12H2,1-3H3. The van der Waals surface area contributed by atoms with Crippen molar-refractivity contribution < 1.29 is 9.47 Å². The summed E-state index contributed by atoms with van der Waals surface area (Å²) in [5.41, 5.74) is 2.83. The highest BCUT2D eigenvalue weighted by Crippen LogP contribution is 2.31. The Morgan fingerprint density at radius 1 is 1.21 bits per heavy atom. The van der Waals surface area contributed by atoms with Crippen LogP contribution in [0.3, 0.4) is 0 Å². The van der Waals surface area contributed by atoms with E-state index in [0.29, 0.717) is 19.3 Å². The first kappa shape index (κ1) is 14.4. The van der Waals surface area contributed by atoms with E-state index in [1.165, 1.54) is 11.3 Å². The Morgan fingerprint density at radius 3 is 2.58 bits per heavy atom. The van der Waals surface area contributed by atoms with Crippen LogP contribution in [-0.4, -0.2) is 32.1 Å². The molecule has 0 spiro atoms. The highest BCUT2D eigenvalue weighted by atomic mass is 16.7. The van der Waals surface area contributed by atoms with Crippen LogP contribution < -0.4 is 4.90 Å². The van der Waals surface area contributed by atoms with Crippen LogP contribution in [0.4, 0.5) is 5.69 Å². The summed E-state index contributed by atoms with van der Waals surface area (Å²) in [6, 6.07) is 9.26. The van der Waals surface area contributed by atoms with Crippen LogP contribution in [0.1, 0.15) is 32.8 Å². The van der Waals surface area contributed by atoms with Gasteiger partial charge in [-0.15, -0.1) is 0 Å². The Hall–Kier alpha value is -1.06. The highest BCUT2D eigenvalue weighted by molar-refractivity contribution is 5.59. The molecule has 0 saturated carbocycles. The number of anilines is 1. The molecule has 1 atom stereocenters. The molecule has 0 bridgehead atoms. The number of fused-ring (bicyclic) bond motifs is 1. The molecule has 0 amide bonds. The second-order valence-corrected chi connectivity index (χ2v) is 5.00. The minimum atomic E-state index is -0.0741. The minimum Gasteiger partial charge on any atom is -0.368 e. The Bertz CT molecular complexity index is 388. The number of rotatable bonds is 7. The first-order chi connectivity index (χ1) is 9.26. The topological polar surface area (TPSA) is 21.7 Å². The Kier molecular flexibility index (Phi) is 5.23. The van der Waals surface area contributed by atoms with Crippen molar-refractivity contribution in [2.24, 2.45) is 0 Å². The zero-order valence-corrected chi connectivity index (χ0v) is 12.3. The molecule has 0 aromatic heterocycles. The Balaban J connectivity index is 1.95. The van der Waals surface area contributed by atoms with E-state index in [9.17, 15) is 0 Å². The van der Waals surface area contributed by atoms with Crippen LogP contribution in [0.2, 0.25) is 0 Å². The third kappa shape index (κ3) is 3.48. The maximum absolute atomic E-state index is 5.62. The van der Waals surface area contributed by atoms with Gasteiger partial charge < -0.3 is 14.4 Å². The lowest BCUT2D eigenvalue weighted by molar-refractivity contribution is -0.138. The van der Waals surface area contributed by atoms with Crippen LogP contribution >= 0.6 is 0 Å². The van der Waals surface area contributed by atoms with Gasteiger partial charge in [0.05, 0.1) is 0 Å². The van der Waals surface area contributed by atoms with Crippen molar-refractivity contribution in [1.29, 1.82) is 0 Å². The molecule has 106 valence electrons. The molecule has 3 nitrogen and oxygen atoms in total. The van der Waals surface area contributed by atoms with Crippen molar-refractivity contribution in [3.05, 3.63) is 29.8 Å². The van der Waals surface area contributed by atoms with Gasteiger partial charge in [0.2, 0.25) is 0 Å². The number of nitrogens with zero attached hydrogens (tertiary/aromatic N) is 1. The predicted octanol–water partition coefficient (Wildman–Crippen LogP) is 3.23. The minimum absolute atomic E-state index is 0.0741. The van der Waals surface area contributed by atoms with Crippen molar-refractivity contribution >= 4 is 5.69 Å². The smallest absolute Gasteiger partial charge is 0.159 e. The monoisotopic (exact) mass is 263 g/mol. The van der Waals surface area contributed by atoms with Gasteiger partial charge in [-0.05, 0) is 38.8 Å². The van der Waals surface area contributed by atoms with E-state index in [1.54, 1.807) is 0 Å². The van der Waals surface area contributed by atoms with E-state index in [1.807, 2.05) is 13.8 Å². The van der Waals surface area contributed by atoms with Crippen molar-refractivity contribution in [3.63, 3.8) is 0 Å². The first-order valence-electron chi connectivity index (χ1n) is 7.34. The molecule has 1 aliphatic heterocycles. The van der Waals surface area contributed by atoms with Gasteiger partial charge in [-0.3, -0.25) is 0 Å². The van der Waals surface area contributed by atoms with Crippen LogP contribution in [0.15, 0.2) is 24.3 Å². The molecule has 0 N–H and O–H groups in total. The summed E-state index contributed by atoms with van der Waals surface area (Å²) < 4.78 is 11.2. The van der Waals surface area contributed by atoms with Crippen molar-refractivity contribution in [2.75, 3.05) is 24.7 Å². The highest BCUT2D eigenvalue weighted by Gasteiger charge is 2.25. The SMILES string of the molecule is CCOC(CCN1c2ccccc2CC1C)OCC. The van der Waals surface area contributed by atoms with E-state index in [2.05, 4.69) is 36.1 Å². The first-order valence-corrected chi connectivity index (χ1v) is 7.34. The molecule has 3 heteroatoms. The molecular formula is C16H25NO2. The van der Waals surface area contributed by atoms with Crippen molar-refractivity contribution in [2.45, 2.75) is 45.9 Å². The molecule has 1 heterocycles. The second kappa shape index (κ2) is 6.92. The van der Waals surface area contributed by atoms with Crippen molar-refractivity contribution in [3.8, 4) is 0 Å². The van der Waals surface area contributed by atoms with E-state index in [0.717, 1.165) is 19.4 Å². The number of para-hydroxylation sites is 1. The molecule has 1 aliphatic rings. The largest absolute Gasteiger partial charge is 0.368 e. The molecule has 1 unspecified atom stereocenters. The van der Waals surface area contributed by atoms with Gasteiger partial charge in [0.1, 0.15) is 0 Å². The number of hydrogen-bond acceptors (Lipinski definition) is 3. The van der Waals surface area contributed by atoms with Gasteiger partial charge in [0.15, 0.2) is 6.29 Å². The summed E-state index contributed by atoms with van der Waals surface area (Å²) in [6.45, 7) is 8.71. The fourth-order valence-electron chi connectivity index (χ4n) is 2.80. The molecule has 0 saturated heterocycles. The zero-order chi connectivity index (χ0) is 13.7. The number of benzene rings is 1. The summed E-state index contributed by atoms with van der Waals surface area (Å²) in [4.78, 5) is 2.47. The lowest BCUT2D eigenvalue weighted by Crippen LogP contribution is -2.33. The average molecular weight is 263 g/mol. The lowest BCUT2D eigenvalue weighted by Gasteiger charge is -2.27. The van der Waals surface area contributed by atoms with Crippen LogP contribution in [0.5, 0.6) is 0 Å². The van der Waals surface area contributed by atoms with Gasteiger partial charge in [-0.1, -0.05) is 18.2 Å². The van der Waals surface area contributed by atoms with Gasteiger partial charge in [0.25, 0.3) is 0 Å². The lowest BCUT2D eigenvalue weighted by atomic mass is 10.1. The van der Waals surface area contributed by atoms with E-state index in [4.69, 9.17) is 9.47 Å². The molecule has 2 rings (SSSR count). The van der Waals surface area contributed by atoms with Gasteiger partial charge in [-0.2, -0.15) is 0 Å². The fraction of sp³-hybridized carbons (Fsp3) is 0.625. The van der Waals surface area contributed by atoms with E-state index >= 15 is 0 Å². The molecule has 0 fully saturated rings. The second-order valence-electron chi connectivity index (χ2n) is 5.00. The van der Waals surface area contributed by atoms with Crippen LogP contribution in [-0.2, 0) is 15.9 Å². The Morgan fingerprint density at radius 2 is 1.89 bits per heavy atom. The van der Waals surface area contributed by atoms with E-state index in [-0.39, 0.29) is 6.29 Å².